The molecule has 4 heteroatoms. The van der Waals surface area contributed by atoms with Crippen molar-refractivity contribution in [3.8, 4) is 5.75 Å². The molecule has 95 valence electrons. The predicted molar refractivity (Wildman–Crippen MR) is 62.8 cm³/mol. The molecule has 0 amide bonds. The average Bonchev–Trinajstić information content (AvgIpc) is 2.29. The molecule has 0 bridgehead atoms. The molecule has 3 aromatic carbocycles. The molecule has 0 aliphatic heterocycles. The molecule has 0 saturated carbocycles. The monoisotopic (exact) mass is 457 g/mol. The molecule has 0 aliphatic carbocycles. The number of rotatable bonds is 0. The van der Waals surface area contributed by atoms with Crippen LogP contribution in [0.2, 0.25) is 0 Å². The van der Waals surface area contributed by atoms with Gasteiger partial charge in [0.05, 0.1) is 0 Å². The fourth-order valence-corrected chi connectivity index (χ4v) is 2.63. The van der Waals surface area contributed by atoms with E-state index in [1.807, 2.05) is 42.5 Å². The topological polar surface area (TPSA) is 20.2 Å². The fraction of sp³-hybridized carbons (Fsp3) is 0. The molecule has 0 fully saturated rings. The second kappa shape index (κ2) is 6.17. The maximum absolute atomic E-state index is 10.0. The van der Waals surface area contributed by atoms with Crippen molar-refractivity contribution < 1.29 is 58.3 Å². The zero-order chi connectivity index (χ0) is 11.1. The number of aromatic hydroxyl groups is 1. The van der Waals surface area contributed by atoms with E-state index in [1.165, 1.54) is 5.39 Å². The molecule has 0 unspecified atom stereocenters. The van der Waals surface area contributed by atoms with Crippen LogP contribution in [0, 0.1) is 0 Å². The van der Waals surface area contributed by atoms with Crippen LogP contribution in [-0.4, -0.2) is 5.11 Å². The minimum Gasteiger partial charge on any atom is -1.00 e. The summed E-state index contributed by atoms with van der Waals surface area (Å²) in [5.41, 5.74) is 0. The summed E-state index contributed by atoms with van der Waals surface area (Å²) in [5.74, 6) is 0.330. The summed E-state index contributed by atoms with van der Waals surface area (Å²) in [6.45, 7) is 0. The van der Waals surface area contributed by atoms with Gasteiger partial charge in [0.1, 0.15) is 0 Å². The van der Waals surface area contributed by atoms with Crippen molar-refractivity contribution >= 4 is 25.6 Å². The predicted octanol–water partition coefficient (Wildman–Crippen LogP) is -3.12. The summed E-state index contributed by atoms with van der Waals surface area (Å²) in [6.07, 6.45) is 0. The molecule has 0 aromatic heterocycles. The SMILES string of the molecule is Oc1cc2ccccc2c2ccc[c]([Pd+2])c12.[Br-].[Br-]. The first-order valence-electron chi connectivity index (χ1n) is 5.03. The van der Waals surface area contributed by atoms with Gasteiger partial charge < -0.3 is 34.0 Å². The molecule has 3 rings (SSSR count). The van der Waals surface area contributed by atoms with E-state index in [-0.39, 0.29) is 34.0 Å². The number of hydrogen-bond donors (Lipinski definition) is 1. The van der Waals surface area contributed by atoms with Crippen LogP contribution in [0.1, 0.15) is 0 Å². The molecule has 1 N–H and O–H groups in total. The van der Waals surface area contributed by atoms with Crippen molar-refractivity contribution in [2.45, 2.75) is 0 Å². The Hall–Kier alpha value is -0.398. The van der Waals surface area contributed by atoms with E-state index >= 15 is 0 Å². The van der Waals surface area contributed by atoms with E-state index in [1.54, 1.807) is 0 Å². The molecule has 0 aliphatic rings. The van der Waals surface area contributed by atoms with Gasteiger partial charge >= 0.3 is 104 Å². The average molecular weight is 459 g/mol. The molecule has 0 atom stereocenters. The van der Waals surface area contributed by atoms with Crippen LogP contribution in [0.3, 0.4) is 0 Å². The van der Waals surface area contributed by atoms with Crippen molar-refractivity contribution in [3.63, 3.8) is 0 Å². The standard InChI is InChI=1S/C14H9O.2BrH.Pd/c15-14-9-10-5-1-2-6-11(10)12-7-3-4-8-13(12)14;;;/h1-7,9,15H;2*1H;/q;;;+2/p-2. The molecule has 0 heterocycles. The Bertz CT molecular complexity index is 698. The maximum atomic E-state index is 10.0. The van der Waals surface area contributed by atoms with Crippen molar-refractivity contribution in [2.75, 3.05) is 0 Å². The molecule has 0 radical (unpaired) electrons. The summed E-state index contributed by atoms with van der Waals surface area (Å²) in [7, 11) is 0. The Morgan fingerprint density at radius 2 is 1.50 bits per heavy atom. The van der Waals surface area contributed by atoms with Crippen LogP contribution < -0.4 is 38.0 Å². The summed E-state index contributed by atoms with van der Waals surface area (Å²) in [5, 5.41) is 14.2. The van der Waals surface area contributed by atoms with Gasteiger partial charge in [-0.25, -0.2) is 0 Å². The summed E-state index contributed by atoms with van der Waals surface area (Å²) < 4.78 is 0.962. The third-order valence-corrected chi connectivity index (χ3v) is 3.43. The van der Waals surface area contributed by atoms with E-state index in [0.29, 0.717) is 5.75 Å². The minimum absolute atomic E-state index is 0. The maximum Gasteiger partial charge on any atom is -1.00 e. The van der Waals surface area contributed by atoms with E-state index < -0.39 is 0 Å². The molecule has 18 heavy (non-hydrogen) atoms. The van der Waals surface area contributed by atoms with Gasteiger partial charge in [0, 0.05) is 0 Å². The molecular weight excluding hydrogens is 450 g/mol. The van der Waals surface area contributed by atoms with Gasteiger partial charge in [-0.3, -0.25) is 0 Å². The first kappa shape index (κ1) is 15.7. The van der Waals surface area contributed by atoms with Gasteiger partial charge in [-0.05, 0) is 0 Å². The molecule has 0 spiro atoms. The van der Waals surface area contributed by atoms with Crippen LogP contribution in [0.4, 0.5) is 0 Å². The number of benzene rings is 3. The molecule has 0 saturated heterocycles. The Morgan fingerprint density at radius 3 is 2.28 bits per heavy atom. The Balaban J connectivity index is 0.000000810. The van der Waals surface area contributed by atoms with Crippen LogP contribution >= 0.6 is 0 Å². The Kier molecular flexibility index (Phi) is 5.36. The van der Waals surface area contributed by atoms with E-state index in [4.69, 9.17) is 0 Å². The van der Waals surface area contributed by atoms with Gasteiger partial charge in [0.2, 0.25) is 0 Å². The third kappa shape index (κ3) is 2.48. The van der Waals surface area contributed by atoms with Gasteiger partial charge in [-0.15, -0.1) is 0 Å². The molecular formula is C14H9Br2OPd. The second-order valence-electron chi connectivity index (χ2n) is 3.75. The van der Waals surface area contributed by atoms with Gasteiger partial charge in [-0.2, -0.15) is 0 Å². The Morgan fingerprint density at radius 1 is 0.833 bits per heavy atom. The third-order valence-electron chi connectivity index (χ3n) is 2.79. The van der Waals surface area contributed by atoms with E-state index in [2.05, 4.69) is 25.3 Å². The van der Waals surface area contributed by atoms with Crippen LogP contribution in [0.5, 0.6) is 5.75 Å². The summed E-state index contributed by atoms with van der Waals surface area (Å²) in [6, 6.07) is 15.9. The smallest absolute Gasteiger partial charge is 1.00 e. The minimum atomic E-state index is 0. The number of fused-ring (bicyclic) bond motifs is 3. The molecule has 3 aromatic rings. The number of halogens is 2. The van der Waals surface area contributed by atoms with E-state index in [0.717, 1.165) is 20.2 Å². The van der Waals surface area contributed by atoms with Crippen molar-refractivity contribution in [2.24, 2.45) is 0 Å². The second-order valence-corrected chi connectivity index (χ2v) is 4.58. The number of phenolic OH excluding ortho intramolecular Hbond substituents is 1. The van der Waals surface area contributed by atoms with Crippen LogP contribution in [0.25, 0.3) is 21.5 Å². The zero-order valence-corrected chi connectivity index (χ0v) is 13.9. The fourth-order valence-electron chi connectivity index (χ4n) is 2.07. The molecule has 1 nitrogen and oxygen atoms in total. The van der Waals surface area contributed by atoms with Gasteiger partial charge in [0.15, 0.2) is 0 Å². The van der Waals surface area contributed by atoms with Gasteiger partial charge in [-0.1, -0.05) is 0 Å². The van der Waals surface area contributed by atoms with Crippen LogP contribution in [-0.2, 0) is 19.2 Å². The first-order chi connectivity index (χ1) is 7.77. The van der Waals surface area contributed by atoms with Crippen molar-refractivity contribution in [3.05, 3.63) is 48.5 Å². The Labute approximate surface area is 137 Å². The summed E-state index contributed by atoms with van der Waals surface area (Å²) >= 11 is 3.18. The normalized spacial score (nSPS) is 9.83. The number of phenols is 1. The summed E-state index contributed by atoms with van der Waals surface area (Å²) in [4.78, 5) is 0. The van der Waals surface area contributed by atoms with Crippen molar-refractivity contribution in [1.29, 1.82) is 0 Å². The van der Waals surface area contributed by atoms with Crippen LogP contribution in [0.15, 0.2) is 48.5 Å². The number of hydrogen-bond acceptors (Lipinski definition) is 1. The largest absolute Gasteiger partial charge is 1.00 e. The zero-order valence-electron chi connectivity index (χ0n) is 9.14. The quantitative estimate of drug-likeness (QED) is 0.279. The van der Waals surface area contributed by atoms with Gasteiger partial charge in [0.25, 0.3) is 0 Å². The van der Waals surface area contributed by atoms with Crippen molar-refractivity contribution in [1.82, 2.24) is 0 Å². The first-order valence-corrected chi connectivity index (χ1v) is 5.81. The van der Waals surface area contributed by atoms with E-state index in [9.17, 15) is 5.11 Å².